The number of nitrogen functional groups attached to an aromatic ring is 1. The summed E-state index contributed by atoms with van der Waals surface area (Å²) in [5.41, 5.74) is 5.95. The third-order valence-corrected chi connectivity index (χ3v) is 5.29. The van der Waals surface area contributed by atoms with Gasteiger partial charge in [0.1, 0.15) is 17.3 Å². The average molecular weight is 447 g/mol. The lowest BCUT2D eigenvalue weighted by Gasteiger charge is -2.24. The molecular weight excluding hydrogens is 412 g/mol. The largest absolute Gasteiger partial charge is 0.497 e. The van der Waals surface area contributed by atoms with Crippen LogP contribution in [0.2, 0.25) is 0 Å². The van der Waals surface area contributed by atoms with Crippen molar-refractivity contribution in [1.82, 2.24) is 9.55 Å². The van der Waals surface area contributed by atoms with Crippen LogP contribution in [0.25, 0.3) is 0 Å². The Balaban J connectivity index is 2.35. The number of H-pyrrole nitrogens is 1. The molecule has 0 unspecified atom stereocenters. The predicted molar refractivity (Wildman–Crippen MR) is 126 cm³/mol. The Hall–Kier alpha value is -3.23. The van der Waals surface area contributed by atoms with E-state index in [1.165, 1.54) is 9.47 Å². The van der Waals surface area contributed by atoms with E-state index in [4.69, 9.17) is 15.2 Å². The van der Waals surface area contributed by atoms with E-state index in [9.17, 15) is 14.4 Å². The summed E-state index contributed by atoms with van der Waals surface area (Å²) in [5.74, 6) is 1.06. The molecule has 0 saturated heterocycles. The first-order chi connectivity index (χ1) is 15.4. The van der Waals surface area contributed by atoms with Crippen LogP contribution in [-0.2, 0) is 17.8 Å². The molecule has 1 aromatic carbocycles. The van der Waals surface area contributed by atoms with Crippen LogP contribution in [-0.4, -0.2) is 36.2 Å². The SMILES string of the molecule is CCCCN(C(=O)CCc1cc(OC)cc(OC)c1)c1c(N)n(CCCC)c(=O)[nH]c1=O. The summed E-state index contributed by atoms with van der Waals surface area (Å²) in [6, 6.07) is 5.45. The number of hydrogen-bond acceptors (Lipinski definition) is 6. The van der Waals surface area contributed by atoms with Gasteiger partial charge in [0.2, 0.25) is 5.91 Å². The number of nitrogens with one attached hydrogen (secondary N) is 1. The number of rotatable bonds is 12. The minimum absolute atomic E-state index is 0.0275. The second-order valence-electron chi connectivity index (χ2n) is 7.62. The Bertz CT molecular complexity index is 1010. The number of hydrogen-bond donors (Lipinski definition) is 2. The number of unbranched alkanes of at least 4 members (excludes halogenated alkanes) is 2. The zero-order valence-corrected chi connectivity index (χ0v) is 19.4. The van der Waals surface area contributed by atoms with E-state index in [0.717, 1.165) is 24.8 Å². The van der Waals surface area contributed by atoms with Gasteiger partial charge >= 0.3 is 5.69 Å². The second kappa shape index (κ2) is 12.0. The number of anilines is 2. The quantitative estimate of drug-likeness (QED) is 0.517. The fraction of sp³-hybridized carbons (Fsp3) is 0.522. The Morgan fingerprint density at radius 1 is 1.06 bits per heavy atom. The lowest BCUT2D eigenvalue weighted by molar-refractivity contribution is -0.118. The molecule has 0 aliphatic rings. The summed E-state index contributed by atoms with van der Waals surface area (Å²) in [6.45, 7) is 4.72. The van der Waals surface area contributed by atoms with E-state index < -0.39 is 11.2 Å². The van der Waals surface area contributed by atoms with Gasteiger partial charge in [-0.3, -0.25) is 19.1 Å². The molecule has 0 aliphatic heterocycles. The lowest BCUT2D eigenvalue weighted by atomic mass is 10.1. The van der Waals surface area contributed by atoms with Crippen molar-refractivity contribution in [3.8, 4) is 11.5 Å². The molecule has 0 atom stereocenters. The van der Waals surface area contributed by atoms with E-state index in [2.05, 4.69) is 4.98 Å². The molecule has 3 N–H and O–H groups in total. The van der Waals surface area contributed by atoms with Crippen LogP contribution in [0.5, 0.6) is 11.5 Å². The first-order valence-corrected chi connectivity index (χ1v) is 11.0. The zero-order chi connectivity index (χ0) is 23.7. The molecule has 9 nitrogen and oxygen atoms in total. The van der Waals surface area contributed by atoms with Gasteiger partial charge in [-0.25, -0.2) is 4.79 Å². The highest BCUT2D eigenvalue weighted by molar-refractivity contribution is 5.95. The van der Waals surface area contributed by atoms with E-state index in [0.29, 0.717) is 37.4 Å². The maximum atomic E-state index is 13.2. The van der Waals surface area contributed by atoms with Crippen molar-refractivity contribution < 1.29 is 14.3 Å². The normalized spacial score (nSPS) is 10.8. The summed E-state index contributed by atoms with van der Waals surface area (Å²) < 4.78 is 11.9. The summed E-state index contributed by atoms with van der Waals surface area (Å²) in [5, 5.41) is 0. The van der Waals surface area contributed by atoms with Crippen LogP contribution in [0.3, 0.4) is 0 Å². The zero-order valence-electron chi connectivity index (χ0n) is 19.4. The Labute approximate surface area is 188 Å². The minimum atomic E-state index is -0.646. The number of ether oxygens (including phenoxy) is 2. The number of nitrogens with two attached hydrogens (primary N) is 1. The molecule has 0 aliphatic carbocycles. The van der Waals surface area contributed by atoms with Crippen LogP contribution >= 0.6 is 0 Å². The van der Waals surface area contributed by atoms with E-state index in [1.807, 2.05) is 26.0 Å². The second-order valence-corrected chi connectivity index (χ2v) is 7.62. The van der Waals surface area contributed by atoms with Crippen molar-refractivity contribution in [3.05, 3.63) is 44.6 Å². The number of aromatic amines is 1. The summed E-state index contributed by atoms with van der Waals surface area (Å²) >= 11 is 0. The Morgan fingerprint density at radius 3 is 2.25 bits per heavy atom. The first-order valence-electron chi connectivity index (χ1n) is 11.0. The summed E-state index contributed by atoms with van der Waals surface area (Å²) in [6.07, 6.45) is 3.73. The topological polar surface area (TPSA) is 120 Å². The van der Waals surface area contributed by atoms with E-state index in [1.54, 1.807) is 20.3 Å². The van der Waals surface area contributed by atoms with Crippen molar-refractivity contribution >= 4 is 17.4 Å². The fourth-order valence-electron chi connectivity index (χ4n) is 3.45. The van der Waals surface area contributed by atoms with Gasteiger partial charge in [-0.1, -0.05) is 26.7 Å². The van der Waals surface area contributed by atoms with Gasteiger partial charge in [0, 0.05) is 25.6 Å². The third kappa shape index (κ3) is 6.15. The van der Waals surface area contributed by atoms with E-state index in [-0.39, 0.29) is 23.8 Å². The van der Waals surface area contributed by atoms with Crippen LogP contribution < -0.4 is 31.4 Å². The van der Waals surface area contributed by atoms with Gasteiger partial charge < -0.3 is 20.1 Å². The number of aromatic nitrogens is 2. The number of nitrogens with zero attached hydrogens (tertiary/aromatic N) is 2. The number of benzene rings is 1. The highest BCUT2D eigenvalue weighted by Gasteiger charge is 2.23. The maximum absolute atomic E-state index is 13.2. The highest BCUT2D eigenvalue weighted by Crippen LogP contribution is 2.24. The molecule has 1 aromatic heterocycles. The lowest BCUT2D eigenvalue weighted by Crippen LogP contribution is -2.41. The van der Waals surface area contributed by atoms with Crippen molar-refractivity contribution in [2.75, 3.05) is 31.4 Å². The standard InChI is InChI=1S/C23H34N4O5/c1-5-7-11-26(20-21(24)27(12-8-6-2)23(30)25-22(20)29)19(28)10-9-16-13-17(31-3)15-18(14-16)32-4/h13-15H,5-12,24H2,1-4H3,(H,25,29,30). The van der Waals surface area contributed by atoms with Gasteiger partial charge in [0.25, 0.3) is 5.56 Å². The van der Waals surface area contributed by atoms with Crippen LogP contribution in [0.1, 0.15) is 51.5 Å². The number of carbonyl (C=O) groups is 1. The number of amides is 1. The molecule has 1 amide bonds. The molecule has 0 spiro atoms. The van der Waals surface area contributed by atoms with Gasteiger partial charge in [0.05, 0.1) is 14.2 Å². The number of aryl methyl sites for hydroxylation is 1. The predicted octanol–water partition coefficient (Wildman–Crippen LogP) is 2.70. The maximum Gasteiger partial charge on any atom is 0.330 e. The van der Waals surface area contributed by atoms with Gasteiger partial charge in [-0.15, -0.1) is 0 Å². The van der Waals surface area contributed by atoms with E-state index >= 15 is 0 Å². The van der Waals surface area contributed by atoms with Crippen molar-refractivity contribution in [1.29, 1.82) is 0 Å². The summed E-state index contributed by atoms with van der Waals surface area (Å²) in [4.78, 5) is 41.9. The average Bonchev–Trinajstić information content (AvgIpc) is 2.78. The number of carbonyl (C=O) groups excluding carboxylic acids is 1. The van der Waals surface area contributed by atoms with Gasteiger partial charge in [0.15, 0.2) is 5.69 Å². The molecule has 2 aromatic rings. The Kier molecular flexibility index (Phi) is 9.37. The Morgan fingerprint density at radius 2 is 1.69 bits per heavy atom. The molecule has 1 heterocycles. The minimum Gasteiger partial charge on any atom is -0.497 e. The third-order valence-electron chi connectivity index (χ3n) is 5.29. The first kappa shape index (κ1) is 25.0. The molecule has 32 heavy (non-hydrogen) atoms. The molecule has 0 bridgehead atoms. The molecule has 0 radical (unpaired) electrons. The van der Waals surface area contributed by atoms with Crippen molar-refractivity contribution in [3.63, 3.8) is 0 Å². The van der Waals surface area contributed by atoms with Gasteiger partial charge in [-0.05, 0) is 37.0 Å². The number of methoxy groups -OCH3 is 2. The van der Waals surface area contributed by atoms with Crippen molar-refractivity contribution in [2.45, 2.75) is 58.9 Å². The molecule has 176 valence electrons. The molecule has 9 heteroatoms. The molecule has 2 rings (SSSR count). The smallest absolute Gasteiger partial charge is 0.330 e. The van der Waals surface area contributed by atoms with Crippen LogP contribution in [0, 0.1) is 0 Å². The summed E-state index contributed by atoms with van der Waals surface area (Å²) in [7, 11) is 3.14. The molecule has 0 saturated carbocycles. The van der Waals surface area contributed by atoms with Crippen molar-refractivity contribution in [2.24, 2.45) is 0 Å². The van der Waals surface area contributed by atoms with Gasteiger partial charge in [-0.2, -0.15) is 0 Å². The van der Waals surface area contributed by atoms with Crippen LogP contribution in [0.4, 0.5) is 11.5 Å². The fourth-order valence-corrected chi connectivity index (χ4v) is 3.45. The molecule has 0 fully saturated rings. The van der Waals surface area contributed by atoms with Crippen LogP contribution in [0.15, 0.2) is 27.8 Å². The molecular formula is C23H34N4O5. The monoisotopic (exact) mass is 446 g/mol. The highest BCUT2D eigenvalue weighted by atomic mass is 16.5.